The summed E-state index contributed by atoms with van der Waals surface area (Å²) in [5.41, 5.74) is 6.30. The van der Waals surface area contributed by atoms with Crippen molar-refractivity contribution >= 4 is 34.8 Å². The van der Waals surface area contributed by atoms with Gasteiger partial charge in [-0.15, -0.1) is 5.92 Å². The van der Waals surface area contributed by atoms with E-state index in [2.05, 4.69) is 26.5 Å². The van der Waals surface area contributed by atoms with Crippen LogP contribution in [0.25, 0.3) is 11.2 Å². The molecule has 0 saturated carbocycles. The van der Waals surface area contributed by atoms with Crippen LogP contribution in [0.2, 0.25) is 0 Å². The van der Waals surface area contributed by atoms with Crippen LogP contribution in [0.3, 0.4) is 0 Å². The predicted molar refractivity (Wildman–Crippen MR) is 123 cm³/mol. The number of thioether (sulfide) groups is 1. The van der Waals surface area contributed by atoms with Crippen molar-refractivity contribution in [3.63, 3.8) is 0 Å². The largest absolute Gasteiger partial charge is 0.490 e. The van der Waals surface area contributed by atoms with Gasteiger partial charge in [-0.2, -0.15) is 18.2 Å². The van der Waals surface area contributed by atoms with E-state index >= 15 is 0 Å². The highest BCUT2D eigenvalue weighted by atomic mass is 32.2. The molecule has 0 bridgehead atoms. The van der Waals surface area contributed by atoms with E-state index in [0.29, 0.717) is 11.1 Å². The fraction of sp³-hybridized carbons (Fsp3) is 0.619. The van der Waals surface area contributed by atoms with Crippen LogP contribution in [0.4, 0.5) is 19.1 Å². The Morgan fingerprint density at radius 2 is 1.97 bits per heavy atom. The average Bonchev–Trinajstić information content (AvgIpc) is 3.08. The molecule has 1 aliphatic rings. The van der Waals surface area contributed by atoms with Crippen LogP contribution in [0.15, 0.2) is 9.95 Å². The molecule has 34 heavy (non-hydrogen) atoms. The molecule has 2 aromatic heterocycles. The molecule has 1 aliphatic heterocycles. The summed E-state index contributed by atoms with van der Waals surface area (Å²) in [4.78, 5) is 35.4. The second kappa shape index (κ2) is 9.50. The van der Waals surface area contributed by atoms with Gasteiger partial charge in [0.05, 0.1) is 12.6 Å². The first kappa shape index (κ1) is 25.9. The maximum absolute atomic E-state index is 13.2. The Balaban J connectivity index is 1.98. The Morgan fingerprint density at radius 3 is 2.53 bits per heavy atom. The van der Waals surface area contributed by atoms with Crippen molar-refractivity contribution in [2.75, 3.05) is 18.0 Å². The zero-order valence-electron chi connectivity index (χ0n) is 19.6. The van der Waals surface area contributed by atoms with Crippen LogP contribution in [0, 0.1) is 11.8 Å². The van der Waals surface area contributed by atoms with Crippen LogP contribution in [0.1, 0.15) is 34.1 Å². The van der Waals surface area contributed by atoms with Crippen molar-refractivity contribution in [1.29, 1.82) is 0 Å². The van der Waals surface area contributed by atoms with Gasteiger partial charge in [-0.05, 0) is 6.92 Å². The fourth-order valence-corrected chi connectivity index (χ4v) is 4.44. The summed E-state index contributed by atoms with van der Waals surface area (Å²) in [5.74, 6) is 3.84. The second-order valence-electron chi connectivity index (χ2n) is 8.91. The fourth-order valence-electron chi connectivity index (χ4n) is 3.54. The van der Waals surface area contributed by atoms with Gasteiger partial charge in [0.25, 0.3) is 5.56 Å². The first-order valence-electron chi connectivity index (χ1n) is 10.6. The van der Waals surface area contributed by atoms with E-state index in [-0.39, 0.29) is 47.5 Å². The van der Waals surface area contributed by atoms with E-state index in [1.165, 1.54) is 16.3 Å². The van der Waals surface area contributed by atoms with Gasteiger partial charge in [0.15, 0.2) is 16.3 Å². The van der Waals surface area contributed by atoms with Gasteiger partial charge in [0.2, 0.25) is 5.95 Å². The highest BCUT2D eigenvalue weighted by Gasteiger charge is 2.44. The van der Waals surface area contributed by atoms with Gasteiger partial charge in [0, 0.05) is 31.3 Å². The van der Waals surface area contributed by atoms with E-state index in [1.54, 1.807) is 23.4 Å². The van der Waals surface area contributed by atoms with Crippen LogP contribution >= 0.6 is 11.8 Å². The lowest BCUT2D eigenvalue weighted by molar-refractivity contribution is -0.206. The van der Waals surface area contributed by atoms with Crippen molar-refractivity contribution < 1.29 is 22.7 Å². The zero-order valence-corrected chi connectivity index (χ0v) is 20.4. The number of piperidine rings is 1. The maximum atomic E-state index is 13.2. The second-order valence-corrected chi connectivity index (χ2v) is 10.7. The van der Waals surface area contributed by atoms with Crippen molar-refractivity contribution in [2.45, 2.75) is 68.9 Å². The molecule has 0 aromatic carbocycles. The number of carbonyl (C=O) groups excluding carboxylic acids is 1. The number of hydrogen-bond donors (Lipinski definition) is 1. The number of imidazole rings is 1. The van der Waals surface area contributed by atoms with Gasteiger partial charge < -0.3 is 15.4 Å². The summed E-state index contributed by atoms with van der Waals surface area (Å²) in [6.45, 7) is 8.15. The lowest BCUT2D eigenvalue weighted by Crippen LogP contribution is -2.54. The first-order valence-corrected chi connectivity index (χ1v) is 11.4. The highest BCUT2D eigenvalue weighted by molar-refractivity contribution is 8.00. The Kier molecular flexibility index (Phi) is 7.23. The smallest absolute Gasteiger partial charge is 0.454 e. The van der Waals surface area contributed by atoms with E-state index < -0.39 is 24.3 Å². The Morgan fingerprint density at radius 1 is 1.29 bits per heavy atom. The predicted octanol–water partition coefficient (Wildman–Crippen LogP) is 2.06. The number of carbonyl (C=O) groups is 1. The number of nitrogens with two attached hydrogens (primary N) is 1. The van der Waals surface area contributed by atoms with Crippen molar-refractivity contribution in [3.05, 3.63) is 10.4 Å². The number of anilines is 1. The minimum absolute atomic E-state index is 0.0716. The number of fused-ring (bicyclic) bond motifs is 1. The number of rotatable bonds is 4. The maximum Gasteiger partial charge on any atom is 0.490 e. The van der Waals surface area contributed by atoms with E-state index in [9.17, 15) is 22.8 Å². The molecule has 186 valence electrons. The molecular formula is C21H27F3N6O3S. The third-order valence-corrected chi connectivity index (χ3v) is 6.26. The molecule has 3 heterocycles. The number of esters is 1. The van der Waals surface area contributed by atoms with Gasteiger partial charge in [0.1, 0.15) is 6.10 Å². The molecule has 1 fully saturated rings. The van der Waals surface area contributed by atoms with Gasteiger partial charge in [-0.25, -0.2) is 9.78 Å². The van der Waals surface area contributed by atoms with Gasteiger partial charge in [-0.1, -0.05) is 38.5 Å². The van der Waals surface area contributed by atoms with Crippen LogP contribution < -0.4 is 16.2 Å². The number of ether oxygens (including phenoxy) is 1. The summed E-state index contributed by atoms with van der Waals surface area (Å²) in [6, 6.07) is -0.881. The van der Waals surface area contributed by atoms with Crippen molar-refractivity contribution in [3.8, 4) is 11.8 Å². The number of halogens is 3. The number of hydrogen-bond acceptors (Lipinski definition) is 8. The monoisotopic (exact) mass is 500 g/mol. The molecule has 0 aliphatic carbocycles. The summed E-state index contributed by atoms with van der Waals surface area (Å²) in [7, 11) is 1.64. The quantitative estimate of drug-likeness (QED) is 0.294. The summed E-state index contributed by atoms with van der Waals surface area (Å²) < 4.78 is 45.2. The standard InChI is InChI=1S/C21H27F3N6O3S/c1-6-7-9-30-14-15(27-19(28(5)16(14)31)34-20(2,3)4)26-18(30)29-10-8-13(12(25)11-29)33-17(32)21(22,23)24/h12-13H,8-11,25H2,1-5H3. The topological polar surface area (TPSA) is 108 Å². The zero-order chi connectivity index (χ0) is 25.4. The van der Waals surface area contributed by atoms with Gasteiger partial charge >= 0.3 is 12.1 Å². The van der Waals surface area contributed by atoms with E-state index in [1.807, 2.05) is 20.8 Å². The van der Waals surface area contributed by atoms with Gasteiger partial charge in [-0.3, -0.25) is 13.9 Å². The Bertz CT molecular complexity index is 1210. The molecule has 13 heteroatoms. The summed E-state index contributed by atoms with van der Waals surface area (Å²) in [5, 5.41) is 0.511. The number of aromatic nitrogens is 4. The SMILES string of the molecule is CC#CCn1c(N2CCC(OC(=O)C(F)(F)F)C(N)C2)nc2nc(SC(C)(C)C)n(C)c(=O)c21. The minimum atomic E-state index is -5.09. The summed E-state index contributed by atoms with van der Waals surface area (Å²) in [6.07, 6.45) is -6.10. The molecule has 2 aromatic rings. The first-order chi connectivity index (χ1) is 15.7. The average molecular weight is 501 g/mol. The van der Waals surface area contributed by atoms with Crippen LogP contribution in [-0.4, -0.2) is 61.2 Å². The summed E-state index contributed by atoms with van der Waals surface area (Å²) >= 11 is 1.43. The molecule has 0 radical (unpaired) electrons. The normalized spacial score (nSPS) is 19.1. The molecule has 9 nitrogen and oxygen atoms in total. The Hall–Kier alpha value is -2.72. The molecule has 1 saturated heterocycles. The van der Waals surface area contributed by atoms with Crippen molar-refractivity contribution in [2.24, 2.45) is 12.8 Å². The van der Waals surface area contributed by atoms with Crippen LogP contribution in [-0.2, 0) is 23.1 Å². The third-order valence-electron chi connectivity index (χ3n) is 5.10. The molecule has 2 N–H and O–H groups in total. The molecule has 2 unspecified atom stereocenters. The molecule has 0 spiro atoms. The lowest BCUT2D eigenvalue weighted by atomic mass is 10.0. The highest BCUT2D eigenvalue weighted by Crippen LogP contribution is 2.31. The van der Waals surface area contributed by atoms with E-state index in [0.717, 1.165) is 0 Å². The number of nitrogens with zero attached hydrogens (tertiary/aromatic N) is 5. The van der Waals surface area contributed by atoms with Crippen molar-refractivity contribution in [1.82, 2.24) is 19.1 Å². The lowest BCUT2D eigenvalue weighted by Gasteiger charge is -2.36. The number of alkyl halides is 3. The Labute approximate surface area is 198 Å². The molecule has 2 atom stereocenters. The molecule has 0 amide bonds. The third kappa shape index (κ3) is 5.50. The van der Waals surface area contributed by atoms with E-state index in [4.69, 9.17) is 5.73 Å². The molecular weight excluding hydrogens is 473 g/mol. The minimum Gasteiger partial charge on any atom is -0.454 e. The van der Waals surface area contributed by atoms with Crippen LogP contribution in [0.5, 0.6) is 0 Å². The molecule has 3 rings (SSSR count).